The van der Waals surface area contributed by atoms with Crippen molar-refractivity contribution < 1.29 is 9.53 Å². The summed E-state index contributed by atoms with van der Waals surface area (Å²) in [4.78, 5) is 13.7. The monoisotopic (exact) mass is 322 g/mol. The first-order valence-corrected chi connectivity index (χ1v) is 8.89. The zero-order valence-electron chi connectivity index (χ0n) is 13.8. The number of ether oxygens (including phenoxy) is 1. The van der Waals surface area contributed by atoms with E-state index in [4.69, 9.17) is 10.5 Å². The molecule has 5 heteroatoms. The number of nitrogens with one attached hydrogen (secondary N) is 1. The van der Waals surface area contributed by atoms with Crippen LogP contribution in [0.3, 0.4) is 0 Å². The van der Waals surface area contributed by atoms with Gasteiger partial charge in [-0.2, -0.15) is 0 Å². The molecule has 1 aromatic rings. The summed E-state index contributed by atoms with van der Waals surface area (Å²) in [6.07, 6.45) is 2.67. The molecule has 0 radical (unpaired) electrons. The van der Waals surface area contributed by atoms with Crippen LogP contribution in [-0.4, -0.2) is 30.4 Å². The molecule has 122 valence electrons. The van der Waals surface area contributed by atoms with Crippen LogP contribution in [0.25, 0.3) is 0 Å². The van der Waals surface area contributed by atoms with Crippen LogP contribution in [0, 0.1) is 5.41 Å². The maximum absolute atomic E-state index is 12.5. The second kappa shape index (κ2) is 6.60. The summed E-state index contributed by atoms with van der Waals surface area (Å²) in [5.41, 5.74) is 6.23. The van der Waals surface area contributed by atoms with E-state index in [2.05, 4.69) is 17.4 Å². The van der Waals surface area contributed by atoms with E-state index in [-0.39, 0.29) is 17.4 Å². The molecule has 0 aliphatic heterocycles. The number of hydrogen-bond donors (Lipinski definition) is 2. The molecule has 1 aromatic carbocycles. The second-order valence-electron chi connectivity index (χ2n) is 6.37. The van der Waals surface area contributed by atoms with Gasteiger partial charge < -0.3 is 15.8 Å². The lowest BCUT2D eigenvalue weighted by molar-refractivity contribution is -0.170. The fourth-order valence-electron chi connectivity index (χ4n) is 2.90. The van der Waals surface area contributed by atoms with Crippen molar-refractivity contribution in [2.24, 2.45) is 11.1 Å². The van der Waals surface area contributed by atoms with Crippen molar-refractivity contribution in [3.05, 3.63) is 29.8 Å². The first-order valence-electron chi connectivity index (χ1n) is 7.67. The Bertz CT molecular complexity index is 530. The van der Waals surface area contributed by atoms with Crippen LogP contribution < -0.4 is 11.1 Å². The molecule has 0 bridgehead atoms. The molecule has 0 aromatic heterocycles. The van der Waals surface area contributed by atoms with Crippen molar-refractivity contribution in [3.63, 3.8) is 0 Å². The van der Waals surface area contributed by atoms with Gasteiger partial charge in [0.05, 0.1) is 6.10 Å². The number of carbonyl (C=O) groups excluding carboxylic acids is 1. The standard InChI is InChI=1S/C17H26N2O2S/c1-5-21-14-10-17(18,16(14,2)3)15(20)19-11-12-6-8-13(22-4)9-7-12/h6-9,14H,5,10-11,18H2,1-4H3,(H,19,20). The molecular weight excluding hydrogens is 296 g/mol. The molecule has 2 atom stereocenters. The van der Waals surface area contributed by atoms with Gasteiger partial charge in [0.1, 0.15) is 5.54 Å². The summed E-state index contributed by atoms with van der Waals surface area (Å²) >= 11 is 1.70. The van der Waals surface area contributed by atoms with E-state index in [1.807, 2.05) is 39.2 Å². The van der Waals surface area contributed by atoms with Gasteiger partial charge in [-0.15, -0.1) is 11.8 Å². The van der Waals surface area contributed by atoms with Crippen LogP contribution in [-0.2, 0) is 16.1 Å². The Labute approximate surface area is 137 Å². The summed E-state index contributed by atoms with van der Waals surface area (Å²) in [5.74, 6) is -0.0950. The first kappa shape index (κ1) is 17.3. The zero-order chi connectivity index (χ0) is 16.4. The van der Waals surface area contributed by atoms with Crippen LogP contribution in [0.15, 0.2) is 29.2 Å². The molecule has 0 heterocycles. The van der Waals surface area contributed by atoms with Gasteiger partial charge in [0.25, 0.3) is 0 Å². The fourth-order valence-corrected chi connectivity index (χ4v) is 3.31. The smallest absolute Gasteiger partial charge is 0.241 e. The summed E-state index contributed by atoms with van der Waals surface area (Å²) in [7, 11) is 0. The minimum Gasteiger partial charge on any atom is -0.378 e. The van der Waals surface area contributed by atoms with Crippen LogP contribution in [0.5, 0.6) is 0 Å². The normalized spacial score (nSPS) is 26.3. The number of nitrogens with two attached hydrogens (primary N) is 1. The van der Waals surface area contributed by atoms with Crippen molar-refractivity contribution in [1.82, 2.24) is 5.32 Å². The lowest BCUT2D eigenvalue weighted by atomic mass is 9.54. The van der Waals surface area contributed by atoms with Crippen LogP contribution in [0.1, 0.15) is 32.8 Å². The van der Waals surface area contributed by atoms with E-state index in [0.29, 0.717) is 19.6 Å². The highest BCUT2D eigenvalue weighted by Crippen LogP contribution is 2.49. The molecule has 1 amide bonds. The number of thioether (sulfide) groups is 1. The summed E-state index contributed by atoms with van der Waals surface area (Å²) in [5, 5.41) is 2.97. The summed E-state index contributed by atoms with van der Waals surface area (Å²) < 4.78 is 5.66. The third kappa shape index (κ3) is 3.03. The quantitative estimate of drug-likeness (QED) is 0.790. The molecule has 1 saturated carbocycles. The molecule has 3 N–H and O–H groups in total. The van der Waals surface area contributed by atoms with Crippen LogP contribution in [0.2, 0.25) is 0 Å². The summed E-state index contributed by atoms with van der Waals surface area (Å²) in [6.45, 7) is 7.12. The van der Waals surface area contributed by atoms with Crippen LogP contribution >= 0.6 is 11.8 Å². The van der Waals surface area contributed by atoms with Gasteiger partial charge in [-0.25, -0.2) is 0 Å². The second-order valence-corrected chi connectivity index (χ2v) is 7.25. The maximum Gasteiger partial charge on any atom is 0.241 e. The Morgan fingerprint density at radius 3 is 2.55 bits per heavy atom. The predicted octanol–water partition coefficient (Wildman–Crippen LogP) is 2.56. The lowest BCUT2D eigenvalue weighted by Gasteiger charge is -2.57. The van der Waals surface area contributed by atoms with Gasteiger partial charge in [-0.05, 0) is 30.9 Å². The Morgan fingerprint density at radius 1 is 1.41 bits per heavy atom. The molecule has 22 heavy (non-hydrogen) atoms. The SMILES string of the molecule is CCOC1CC(N)(C(=O)NCc2ccc(SC)cc2)C1(C)C. The van der Waals surface area contributed by atoms with Crippen molar-refractivity contribution in [1.29, 1.82) is 0 Å². The summed E-state index contributed by atoms with van der Waals surface area (Å²) in [6, 6.07) is 8.18. The number of hydrogen-bond acceptors (Lipinski definition) is 4. The van der Waals surface area contributed by atoms with Gasteiger partial charge in [0.2, 0.25) is 5.91 Å². The van der Waals surface area contributed by atoms with E-state index in [1.165, 1.54) is 4.90 Å². The molecule has 2 rings (SSSR count). The van der Waals surface area contributed by atoms with E-state index >= 15 is 0 Å². The third-order valence-electron chi connectivity index (χ3n) is 4.85. The van der Waals surface area contributed by atoms with Gasteiger partial charge >= 0.3 is 0 Å². The Kier molecular flexibility index (Phi) is 5.20. The van der Waals surface area contributed by atoms with Gasteiger partial charge in [0, 0.05) is 29.9 Å². The van der Waals surface area contributed by atoms with Crippen LogP contribution in [0.4, 0.5) is 0 Å². The molecule has 2 unspecified atom stereocenters. The Balaban J connectivity index is 1.94. The average Bonchev–Trinajstić information content (AvgIpc) is 2.52. The predicted molar refractivity (Wildman–Crippen MR) is 90.8 cm³/mol. The molecular formula is C17H26N2O2S. The van der Waals surface area contributed by atoms with E-state index < -0.39 is 5.54 Å². The Morgan fingerprint density at radius 2 is 2.05 bits per heavy atom. The van der Waals surface area contributed by atoms with Crippen molar-refractivity contribution in [2.75, 3.05) is 12.9 Å². The number of carbonyl (C=O) groups is 1. The first-order chi connectivity index (χ1) is 10.3. The third-order valence-corrected chi connectivity index (χ3v) is 5.59. The van der Waals surface area contributed by atoms with Crippen molar-refractivity contribution >= 4 is 17.7 Å². The number of benzene rings is 1. The van der Waals surface area contributed by atoms with Gasteiger partial charge in [-0.3, -0.25) is 4.79 Å². The number of rotatable bonds is 6. The fraction of sp³-hybridized carbons (Fsp3) is 0.588. The molecule has 1 aliphatic rings. The maximum atomic E-state index is 12.5. The largest absolute Gasteiger partial charge is 0.378 e. The molecule has 0 saturated heterocycles. The minimum atomic E-state index is -0.855. The van der Waals surface area contributed by atoms with Gasteiger partial charge in [0.15, 0.2) is 0 Å². The average molecular weight is 322 g/mol. The van der Waals surface area contributed by atoms with Crippen molar-refractivity contribution in [3.8, 4) is 0 Å². The Hall–Kier alpha value is -1.04. The highest BCUT2D eigenvalue weighted by Gasteiger charge is 2.62. The minimum absolute atomic E-state index is 0.0501. The molecule has 1 aliphatic carbocycles. The van der Waals surface area contributed by atoms with E-state index in [9.17, 15) is 4.79 Å². The number of amides is 1. The van der Waals surface area contributed by atoms with Crippen molar-refractivity contribution in [2.45, 2.75) is 50.3 Å². The highest BCUT2D eigenvalue weighted by molar-refractivity contribution is 7.98. The van der Waals surface area contributed by atoms with E-state index in [1.54, 1.807) is 11.8 Å². The molecule has 4 nitrogen and oxygen atoms in total. The zero-order valence-corrected chi connectivity index (χ0v) is 14.6. The topological polar surface area (TPSA) is 64.3 Å². The lowest BCUT2D eigenvalue weighted by Crippen LogP contribution is -2.75. The van der Waals surface area contributed by atoms with Gasteiger partial charge in [-0.1, -0.05) is 26.0 Å². The highest BCUT2D eigenvalue weighted by atomic mass is 32.2. The molecule has 0 spiro atoms. The van der Waals surface area contributed by atoms with E-state index in [0.717, 1.165) is 5.56 Å². The molecule has 1 fully saturated rings.